The number of pyridine rings is 2. The van der Waals surface area contributed by atoms with Crippen LogP contribution in [0.25, 0.3) is 0 Å². The Bertz CT molecular complexity index is 388. The van der Waals surface area contributed by atoms with E-state index in [9.17, 15) is 0 Å². The SMILES string of the molecule is NNC(Cc1cccnc1)Cc1ccccn1. The average molecular weight is 228 g/mol. The van der Waals surface area contributed by atoms with Crippen molar-refractivity contribution in [1.29, 1.82) is 0 Å². The molecule has 0 saturated carbocycles. The van der Waals surface area contributed by atoms with Gasteiger partial charge in [-0.1, -0.05) is 12.1 Å². The van der Waals surface area contributed by atoms with Crippen LogP contribution in [0.5, 0.6) is 0 Å². The minimum absolute atomic E-state index is 0.175. The van der Waals surface area contributed by atoms with Gasteiger partial charge in [-0.3, -0.25) is 21.2 Å². The monoisotopic (exact) mass is 228 g/mol. The molecule has 0 aliphatic rings. The summed E-state index contributed by atoms with van der Waals surface area (Å²) in [5, 5.41) is 0. The first-order valence-corrected chi connectivity index (χ1v) is 5.63. The summed E-state index contributed by atoms with van der Waals surface area (Å²) in [6, 6.07) is 10.1. The lowest BCUT2D eigenvalue weighted by Gasteiger charge is -2.15. The first kappa shape index (κ1) is 11.7. The van der Waals surface area contributed by atoms with Gasteiger partial charge in [0.15, 0.2) is 0 Å². The van der Waals surface area contributed by atoms with E-state index in [1.807, 2.05) is 30.5 Å². The minimum atomic E-state index is 0.175. The summed E-state index contributed by atoms with van der Waals surface area (Å²) in [5.74, 6) is 5.57. The second-order valence-electron chi connectivity index (χ2n) is 3.95. The molecule has 0 spiro atoms. The van der Waals surface area contributed by atoms with Crippen molar-refractivity contribution < 1.29 is 0 Å². The van der Waals surface area contributed by atoms with Crippen molar-refractivity contribution in [2.24, 2.45) is 5.84 Å². The van der Waals surface area contributed by atoms with Crippen LogP contribution in [0.1, 0.15) is 11.3 Å². The average Bonchev–Trinajstić information content (AvgIpc) is 2.40. The van der Waals surface area contributed by atoms with Gasteiger partial charge in [-0.15, -0.1) is 0 Å². The highest BCUT2D eigenvalue weighted by atomic mass is 15.2. The lowest BCUT2D eigenvalue weighted by Crippen LogP contribution is -2.38. The van der Waals surface area contributed by atoms with E-state index in [1.165, 1.54) is 5.56 Å². The predicted octanol–water partition coefficient (Wildman–Crippen LogP) is 1.09. The molecule has 0 radical (unpaired) electrons. The van der Waals surface area contributed by atoms with Crippen molar-refractivity contribution in [2.75, 3.05) is 0 Å². The highest BCUT2D eigenvalue weighted by molar-refractivity contribution is 5.12. The molecule has 88 valence electrons. The molecular formula is C13H16N4. The van der Waals surface area contributed by atoms with Gasteiger partial charge in [0.2, 0.25) is 0 Å². The Hall–Kier alpha value is -1.78. The topological polar surface area (TPSA) is 63.8 Å². The van der Waals surface area contributed by atoms with Crippen LogP contribution >= 0.6 is 0 Å². The predicted molar refractivity (Wildman–Crippen MR) is 67.0 cm³/mol. The Balaban J connectivity index is 1.98. The molecule has 0 saturated heterocycles. The highest BCUT2D eigenvalue weighted by Gasteiger charge is 2.09. The number of rotatable bonds is 5. The summed E-state index contributed by atoms with van der Waals surface area (Å²) in [5.41, 5.74) is 5.04. The van der Waals surface area contributed by atoms with Crippen LogP contribution < -0.4 is 11.3 Å². The number of hydrogen-bond acceptors (Lipinski definition) is 4. The molecule has 0 fully saturated rings. The number of nitrogens with one attached hydrogen (secondary N) is 1. The van der Waals surface area contributed by atoms with Crippen LogP contribution in [0.3, 0.4) is 0 Å². The molecule has 4 nitrogen and oxygen atoms in total. The Kier molecular flexibility index (Phi) is 4.18. The summed E-state index contributed by atoms with van der Waals surface area (Å²) in [4.78, 5) is 8.39. The van der Waals surface area contributed by atoms with Gasteiger partial charge < -0.3 is 0 Å². The fraction of sp³-hybridized carbons (Fsp3) is 0.231. The van der Waals surface area contributed by atoms with Crippen LogP contribution in [-0.4, -0.2) is 16.0 Å². The van der Waals surface area contributed by atoms with E-state index in [-0.39, 0.29) is 6.04 Å². The van der Waals surface area contributed by atoms with Gasteiger partial charge in [0, 0.05) is 36.7 Å². The fourth-order valence-electron chi connectivity index (χ4n) is 1.76. The molecule has 1 unspecified atom stereocenters. The van der Waals surface area contributed by atoms with Crippen molar-refractivity contribution in [1.82, 2.24) is 15.4 Å². The van der Waals surface area contributed by atoms with Gasteiger partial charge in [0.25, 0.3) is 0 Å². The Labute approximate surface area is 101 Å². The molecular weight excluding hydrogens is 212 g/mol. The first-order valence-electron chi connectivity index (χ1n) is 5.63. The molecule has 0 aliphatic carbocycles. The standard InChI is InChI=1S/C13H16N4/c14-17-13(8-11-4-3-6-15-10-11)9-12-5-1-2-7-16-12/h1-7,10,13,17H,8-9,14H2. The molecule has 17 heavy (non-hydrogen) atoms. The highest BCUT2D eigenvalue weighted by Crippen LogP contribution is 2.05. The van der Waals surface area contributed by atoms with E-state index in [4.69, 9.17) is 5.84 Å². The second kappa shape index (κ2) is 6.08. The Morgan fingerprint density at radius 2 is 2.06 bits per heavy atom. The largest absolute Gasteiger partial charge is 0.271 e. The number of nitrogens with two attached hydrogens (primary N) is 1. The summed E-state index contributed by atoms with van der Waals surface area (Å²) in [6.45, 7) is 0. The molecule has 3 N–H and O–H groups in total. The number of hydrazine groups is 1. The zero-order chi connectivity index (χ0) is 11.9. The lowest BCUT2D eigenvalue weighted by molar-refractivity contribution is 0.517. The quantitative estimate of drug-likeness (QED) is 0.594. The van der Waals surface area contributed by atoms with Crippen molar-refractivity contribution in [3.63, 3.8) is 0 Å². The maximum Gasteiger partial charge on any atom is 0.0419 e. The molecule has 0 bridgehead atoms. The molecule has 2 rings (SSSR count). The summed E-state index contributed by atoms with van der Waals surface area (Å²) in [6.07, 6.45) is 7.09. The van der Waals surface area contributed by atoms with E-state index in [0.29, 0.717) is 0 Å². The van der Waals surface area contributed by atoms with E-state index in [1.54, 1.807) is 12.4 Å². The Morgan fingerprint density at radius 1 is 1.12 bits per heavy atom. The van der Waals surface area contributed by atoms with Gasteiger partial charge in [-0.2, -0.15) is 0 Å². The van der Waals surface area contributed by atoms with Gasteiger partial charge in [0.05, 0.1) is 0 Å². The van der Waals surface area contributed by atoms with Crippen molar-refractivity contribution in [3.05, 3.63) is 60.2 Å². The summed E-state index contributed by atoms with van der Waals surface area (Å²) >= 11 is 0. The maximum atomic E-state index is 5.57. The third-order valence-electron chi connectivity index (χ3n) is 2.62. The smallest absolute Gasteiger partial charge is 0.0419 e. The summed E-state index contributed by atoms with van der Waals surface area (Å²) in [7, 11) is 0. The molecule has 4 heteroatoms. The van der Waals surface area contributed by atoms with Crippen LogP contribution in [0.15, 0.2) is 48.9 Å². The first-order chi connectivity index (χ1) is 8.38. The van der Waals surface area contributed by atoms with Crippen LogP contribution in [-0.2, 0) is 12.8 Å². The molecule has 0 aromatic carbocycles. The van der Waals surface area contributed by atoms with Gasteiger partial charge in [0.1, 0.15) is 0 Å². The maximum absolute atomic E-state index is 5.57. The molecule has 0 amide bonds. The third-order valence-corrected chi connectivity index (χ3v) is 2.62. The fourth-order valence-corrected chi connectivity index (χ4v) is 1.76. The van der Waals surface area contributed by atoms with Crippen molar-refractivity contribution >= 4 is 0 Å². The zero-order valence-corrected chi connectivity index (χ0v) is 9.58. The second-order valence-corrected chi connectivity index (χ2v) is 3.95. The number of aromatic nitrogens is 2. The zero-order valence-electron chi connectivity index (χ0n) is 9.58. The van der Waals surface area contributed by atoms with Crippen LogP contribution in [0.2, 0.25) is 0 Å². The minimum Gasteiger partial charge on any atom is -0.271 e. The van der Waals surface area contributed by atoms with E-state index < -0.39 is 0 Å². The van der Waals surface area contributed by atoms with Gasteiger partial charge >= 0.3 is 0 Å². The van der Waals surface area contributed by atoms with Gasteiger partial charge in [-0.05, 0) is 30.2 Å². The molecule has 1 atom stereocenters. The van der Waals surface area contributed by atoms with Crippen LogP contribution in [0, 0.1) is 0 Å². The van der Waals surface area contributed by atoms with E-state index in [0.717, 1.165) is 18.5 Å². The van der Waals surface area contributed by atoms with Crippen LogP contribution in [0.4, 0.5) is 0 Å². The number of nitrogens with zero attached hydrogens (tertiary/aromatic N) is 2. The molecule has 2 aromatic heterocycles. The third kappa shape index (κ3) is 3.62. The van der Waals surface area contributed by atoms with Crippen molar-refractivity contribution in [3.8, 4) is 0 Å². The van der Waals surface area contributed by atoms with E-state index >= 15 is 0 Å². The summed E-state index contributed by atoms with van der Waals surface area (Å²) < 4.78 is 0. The molecule has 2 aromatic rings. The lowest BCUT2D eigenvalue weighted by atomic mass is 10.0. The molecule has 2 heterocycles. The van der Waals surface area contributed by atoms with E-state index in [2.05, 4.69) is 21.5 Å². The van der Waals surface area contributed by atoms with Gasteiger partial charge in [-0.25, -0.2) is 0 Å². The van der Waals surface area contributed by atoms with Crippen molar-refractivity contribution in [2.45, 2.75) is 18.9 Å². The normalized spacial score (nSPS) is 12.3. The Morgan fingerprint density at radius 3 is 2.71 bits per heavy atom. The number of hydrogen-bond donors (Lipinski definition) is 2. The molecule has 0 aliphatic heterocycles.